The zero-order valence-electron chi connectivity index (χ0n) is 9.73. The number of rotatable bonds is 1. The van der Waals surface area contributed by atoms with Gasteiger partial charge in [0.25, 0.3) is 0 Å². The van der Waals surface area contributed by atoms with Crippen molar-refractivity contribution in [2.75, 3.05) is 7.11 Å². The van der Waals surface area contributed by atoms with Gasteiger partial charge in [0.2, 0.25) is 5.43 Å². The van der Waals surface area contributed by atoms with Crippen LogP contribution < -0.4 is 10.2 Å². The van der Waals surface area contributed by atoms with Crippen LogP contribution in [0.25, 0.3) is 21.8 Å². The number of aromatic nitrogens is 1. The van der Waals surface area contributed by atoms with Crippen molar-refractivity contribution in [3.05, 3.63) is 46.6 Å². The Morgan fingerprint density at radius 1 is 1.17 bits per heavy atom. The Morgan fingerprint density at radius 3 is 2.78 bits per heavy atom. The normalized spacial score (nSPS) is 10.9. The summed E-state index contributed by atoms with van der Waals surface area (Å²) in [7, 11) is 1.58. The smallest absolute Gasteiger partial charge is 0.200 e. The number of pyridine rings is 1. The number of fused-ring (bicyclic) bond motifs is 2. The number of methoxy groups -OCH3 is 1. The molecule has 0 aliphatic rings. The first kappa shape index (κ1) is 10.7. The Kier molecular flexibility index (Phi) is 2.23. The van der Waals surface area contributed by atoms with Gasteiger partial charge in [0.1, 0.15) is 11.5 Å². The average molecular weight is 241 g/mol. The zero-order chi connectivity index (χ0) is 12.7. The van der Waals surface area contributed by atoms with Crippen LogP contribution in [0, 0.1) is 0 Å². The van der Waals surface area contributed by atoms with Crippen molar-refractivity contribution in [1.82, 2.24) is 4.98 Å². The van der Waals surface area contributed by atoms with Gasteiger partial charge in [-0.25, -0.2) is 0 Å². The Balaban J connectivity index is 2.52. The quantitative estimate of drug-likeness (QED) is 0.643. The molecule has 4 nitrogen and oxygen atoms in total. The second-order valence-electron chi connectivity index (χ2n) is 4.07. The standard InChI is InChI=1S/C14H11NO3/c1-18-8-5-6-9-11(7-8)15-10-3-2-4-12(16)13(10)14(9)17/h2-7,16H,1H3,(H,15,17). The summed E-state index contributed by atoms with van der Waals surface area (Å²) in [5, 5.41) is 10.6. The van der Waals surface area contributed by atoms with Crippen LogP contribution in [0.4, 0.5) is 0 Å². The summed E-state index contributed by atoms with van der Waals surface area (Å²) in [4.78, 5) is 15.4. The second kappa shape index (κ2) is 3.77. The number of aromatic amines is 1. The van der Waals surface area contributed by atoms with Crippen molar-refractivity contribution < 1.29 is 9.84 Å². The van der Waals surface area contributed by atoms with Crippen molar-refractivity contribution in [3.63, 3.8) is 0 Å². The van der Waals surface area contributed by atoms with Gasteiger partial charge in [-0.2, -0.15) is 0 Å². The molecular formula is C14H11NO3. The fourth-order valence-corrected chi connectivity index (χ4v) is 2.11. The molecule has 0 fully saturated rings. The molecule has 0 radical (unpaired) electrons. The van der Waals surface area contributed by atoms with Gasteiger partial charge in [-0.05, 0) is 24.3 Å². The first-order valence-corrected chi connectivity index (χ1v) is 5.52. The molecule has 0 amide bonds. The Bertz CT molecular complexity index is 805. The van der Waals surface area contributed by atoms with Crippen LogP contribution in [0.15, 0.2) is 41.2 Å². The van der Waals surface area contributed by atoms with Crippen LogP contribution in [-0.4, -0.2) is 17.2 Å². The molecule has 0 aliphatic heterocycles. The molecule has 1 heterocycles. The number of hydrogen-bond acceptors (Lipinski definition) is 3. The molecule has 3 aromatic rings. The molecule has 0 spiro atoms. The number of benzene rings is 2. The Hall–Kier alpha value is -2.49. The Labute approximate surface area is 102 Å². The predicted octanol–water partition coefficient (Wildman–Crippen LogP) is 2.40. The second-order valence-corrected chi connectivity index (χ2v) is 4.07. The highest BCUT2D eigenvalue weighted by atomic mass is 16.5. The fourth-order valence-electron chi connectivity index (χ4n) is 2.11. The lowest BCUT2D eigenvalue weighted by molar-refractivity contribution is 0.415. The predicted molar refractivity (Wildman–Crippen MR) is 70.3 cm³/mol. The molecule has 2 N–H and O–H groups in total. The minimum Gasteiger partial charge on any atom is -0.507 e. The first-order chi connectivity index (χ1) is 8.70. The topological polar surface area (TPSA) is 62.3 Å². The van der Waals surface area contributed by atoms with E-state index in [9.17, 15) is 9.90 Å². The number of ether oxygens (including phenoxy) is 1. The molecule has 0 saturated heterocycles. The third kappa shape index (κ3) is 1.43. The van der Waals surface area contributed by atoms with Crippen LogP contribution in [0.3, 0.4) is 0 Å². The van der Waals surface area contributed by atoms with E-state index in [4.69, 9.17) is 4.74 Å². The van der Waals surface area contributed by atoms with Crippen LogP contribution in [0.1, 0.15) is 0 Å². The van der Waals surface area contributed by atoms with E-state index in [2.05, 4.69) is 4.98 Å². The minimum atomic E-state index is -0.181. The van der Waals surface area contributed by atoms with E-state index in [1.165, 1.54) is 6.07 Å². The minimum absolute atomic E-state index is 0.00790. The maximum atomic E-state index is 12.3. The number of H-pyrrole nitrogens is 1. The lowest BCUT2D eigenvalue weighted by Crippen LogP contribution is -2.04. The van der Waals surface area contributed by atoms with Crippen molar-refractivity contribution in [3.8, 4) is 11.5 Å². The lowest BCUT2D eigenvalue weighted by atomic mass is 10.1. The van der Waals surface area contributed by atoms with Gasteiger partial charge in [-0.1, -0.05) is 6.07 Å². The average Bonchev–Trinajstić information content (AvgIpc) is 2.38. The highest BCUT2D eigenvalue weighted by Crippen LogP contribution is 2.24. The molecule has 4 heteroatoms. The summed E-state index contributed by atoms with van der Waals surface area (Å²) in [6.45, 7) is 0. The summed E-state index contributed by atoms with van der Waals surface area (Å²) < 4.78 is 5.13. The number of hydrogen-bond donors (Lipinski definition) is 2. The lowest BCUT2D eigenvalue weighted by Gasteiger charge is -2.05. The Morgan fingerprint density at radius 2 is 2.00 bits per heavy atom. The van der Waals surface area contributed by atoms with Crippen molar-refractivity contribution >= 4 is 21.8 Å². The van der Waals surface area contributed by atoms with E-state index >= 15 is 0 Å². The van der Waals surface area contributed by atoms with E-state index in [1.807, 2.05) is 0 Å². The van der Waals surface area contributed by atoms with Gasteiger partial charge >= 0.3 is 0 Å². The summed E-state index contributed by atoms with van der Waals surface area (Å²) >= 11 is 0. The zero-order valence-corrected chi connectivity index (χ0v) is 9.73. The summed E-state index contributed by atoms with van der Waals surface area (Å²) in [5.41, 5.74) is 1.12. The SMILES string of the molecule is COc1ccc2c(=O)c3c(O)cccc3[nH]c2c1. The number of phenolic OH excluding ortho intramolecular Hbond substituents is 1. The van der Waals surface area contributed by atoms with Crippen LogP contribution in [0.2, 0.25) is 0 Å². The monoisotopic (exact) mass is 241 g/mol. The molecule has 1 aromatic heterocycles. The van der Waals surface area contributed by atoms with Gasteiger partial charge in [-0.15, -0.1) is 0 Å². The van der Waals surface area contributed by atoms with Gasteiger partial charge < -0.3 is 14.8 Å². The summed E-state index contributed by atoms with van der Waals surface area (Å²) in [6.07, 6.45) is 0. The van der Waals surface area contributed by atoms with Crippen LogP contribution >= 0.6 is 0 Å². The van der Waals surface area contributed by atoms with E-state index in [-0.39, 0.29) is 11.2 Å². The molecule has 90 valence electrons. The van der Waals surface area contributed by atoms with Gasteiger partial charge in [0, 0.05) is 11.5 Å². The highest BCUT2D eigenvalue weighted by molar-refractivity contribution is 5.95. The third-order valence-corrected chi connectivity index (χ3v) is 3.01. The summed E-state index contributed by atoms with van der Waals surface area (Å²) in [5.74, 6) is 0.670. The first-order valence-electron chi connectivity index (χ1n) is 5.52. The van der Waals surface area contributed by atoms with Crippen molar-refractivity contribution in [2.45, 2.75) is 0 Å². The summed E-state index contributed by atoms with van der Waals surface area (Å²) in [6, 6.07) is 10.1. The van der Waals surface area contributed by atoms with Gasteiger partial charge in [0.05, 0.1) is 23.5 Å². The van der Waals surface area contributed by atoms with Crippen molar-refractivity contribution in [1.29, 1.82) is 0 Å². The molecular weight excluding hydrogens is 230 g/mol. The van der Waals surface area contributed by atoms with Crippen molar-refractivity contribution in [2.24, 2.45) is 0 Å². The molecule has 3 rings (SSSR count). The largest absolute Gasteiger partial charge is 0.507 e. The molecule has 2 aromatic carbocycles. The molecule has 0 aliphatic carbocycles. The van der Waals surface area contributed by atoms with E-state index in [1.54, 1.807) is 37.4 Å². The van der Waals surface area contributed by atoms with E-state index in [0.717, 1.165) is 0 Å². The molecule has 0 saturated carbocycles. The maximum Gasteiger partial charge on any atom is 0.200 e. The van der Waals surface area contributed by atoms with Crippen LogP contribution in [0.5, 0.6) is 11.5 Å². The maximum absolute atomic E-state index is 12.3. The number of aromatic hydroxyl groups is 1. The number of phenols is 1. The van der Waals surface area contributed by atoms with E-state index < -0.39 is 0 Å². The molecule has 18 heavy (non-hydrogen) atoms. The molecule has 0 atom stereocenters. The number of nitrogens with one attached hydrogen (secondary N) is 1. The fraction of sp³-hybridized carbons (Fsp3) is 0.0714. The van der Waals surface area contributed by atoms with Crippen LogP contribution in [-0.2, 0) is 0 Å². The molecule has 0 bridgehead atoms. The van der Waals surface area contributed by atoms with Gasteiger partial charge in [-0.3, -0.25) is 4.79 Å². The van der Waals surface area contributed by atoms with Gasteiger partial charge in [0.15, 0.2) is 0 Å². The highest BCUT2D eigenvalue weighted by Gasteiger charge is 2.09. The molecule has 0 unspecified atom stereocenters. The third-order valence-electron chi connectivity index (χ3n) is 3.01. The van der Waals surface area contributed by atoms with E-state index in [0.29, 0.717) is 27.6 Å².